The van der Waals surface area contributed by atoms with Gasteiger partial charge in [-0.05, 0) is 35.4 Å². The second-order valence-electron chi connectivity index (χ2n) is 5.03. The number of nitrogens with one attached hydrogen (secondary N) is 1. The average molecular weight is 335 g/mol. The number of phenols is 4. The van der Waals surface area contributed by atoms with Crippen LogP contribution in [-0.4, -0.2) is 38.5 Å². The highest BCUT2D eigenvalue weighted by atomic mass is 16.5. The molecular formula is C16H17NO7. The van der Waals surface area contributed by atoms with Gasteiger partial charge in [0, 0.05) is 6.54 Å². The SMILES string of the molecule is COc1cc(C(O)C(=O)NCc2cc(O)c(O)c(O)c2)ccc1O. The van der Waals surface area contributed by atoms with E-state index in [9.17, 15) is 30.3 Å². The van der Waals surface area contributed by atoms with Crippen molar-refractivity contribution in [2.75, 3.05) is 7.11 Å². The Balaban J connectivity index is 2.07. The fourth-order valence-corrected chi connectivity index (χ4v) is 2.06. The van der Waals surface area contributed by atoms with Gasteiger partial charge in [-0.3, -0.25) is 4.79 Å². The third-order valence-electron chi connectivity index (χ3n) is 3.36. The molecule has 0 heterocycles. The first-order chi connectivity index (χ1) is 11.3. The molecule has 128 valence electrons. The number of aromatic hydroxyl groups is 4. The van der Waals surface area contributed by atoms with Crippen molar-refractivity contribution < 1.29 is 35.1 Å². The standard InChI is InChI=1S/C16H17NO7/c1-24-13-6-9(2-3-10(13)18)14(21)16(23)17-7-8-4-11(19)15(22)12(20)5-8/h2-6,14,18-22H,7H2,1H3,(H,17,23). The van der Waals surface area contributed by atoms with Crippen molar-refractivity contribution in [2.45, 2.75) is 12.6 Å². The molecule has 0 saturated carbocycles. The number of ether oxygens (including phenoxy) is 1. The van der Waals surface area contributed by atoms with E-state index in [1.807, 2.05) is 0 Å². The smallest absolute Gasteiger partial charge is 0.253 e. The number of phenolic OH excluding ortho intramolecular Hbond substituents is 4. The minimum atomic E-state index is -1.50. The summed E-state index contributed by atoms with van der Waals surface area (Å²) in [5.74, 6) is -2.43. The van der Waals surface area contributed by atoms with E-state index < -0.39 is 29.3 Å². The van der Waals surface area contributed by atoms with Gasteiger partial charge in [0.2, 0.25) is 0 Å². The van der Waals surface area contributed by atoms with E-state index in [4.69, 9.17) is 4.74 Å². The lowest BCUT2D eigenvalue weighted by atomic mass is 10.1. The van der Waals surface area contributed by atoms with Crippen LogP contribution in [0.2, 0.25) is 0 Å². The van der Waals surface area contributed by atoms with Crippen LogP contribution in [0.4, 0.5) is 0 Å². The number of methoxy groups -OCH3 is 1. The predicted molar refractivity (Wildman–Crippen MR) is 82.9 cm³/mol. The zero-order chi connectivity index (χ0) is 17.9. The van der Waals surface area contributed by atoms with E-state index in [2.05, 4.69) is 5.32 Å². The van der Waals surface area contributed by atoms with Crippen LogP contribution in [0, 0.1) is 0 Å². The van der Waals surface area contributed by atoms with Gasteiger partial charge in [-0.2, -0.15) is 0 Å². The number of aliphatic hydroxyl groups is 1. The Morgan fingerprint density at radius 3 is 2.29 bits per heavy atom. The third-order valence-corrected chi connectivity index (χ3v) is 3.36. The molecule has 8 heteroatoms. The Morgan fingerprint density at radius 2 is 1.71 bits per heavy atom. The van der Waals surface area contributed by atoms with Gasteiger partial charge in [0.25, 0.3) is 5.91 Å². The van der Waals surface area contributed by atoms with E-state index in [0.717, 1.165) is 0 Å². The van der Waals surface area contributed by atoms with Crippen LogP contribution in [0.25, 0.3) is 0 Å². The van der Waals surface area contributed by atoms with Gasteiger partial charge in [0.05, 0.1) is 7.11 Å². The first kappa shape index (κ1) is 17.2. The zero-order valence-corrected chi connectivity index (χ0v) is 12.7. The Labute approximate surface area is 137 Å². The first-order valence-electron chi connectivity index (χ1n) is 6.90. The molecule has 1 unspecified atom stereocenters. The van der Waals surface area contributed by atoms with Crippen LogP contribution in [-0.2, 0) is 11.3 Å². The van der Waals surface area contributed by atoms with Gasteiger partial charge in [-0.25, -0.2) is 0 Å². The molecule has 0 aliphatic carbocycles. The summed E-state index contributed by atoms with van der Waals surface area (Å²) in [4.78, 5) is 12.0. The summed E-state index contributed by atoms with van der Waals surface area (Å²) in [6, 6.07) is 6.34. The lowest BCUT2D eigenvalue weighted by Gasteiger charge is -2.14. The molecule has 0 saturated heterocycles. The summed E-state index contributed by atoms with van der Waals surface area (Å²) in [6.45, 7) is -0.0908. The highest BCUT2D eigenvalue weighted by Crippen LogP contribution is 2.35. The second kappa shape index (κ2) is 6.97. The maximum Gasteiger partial charge on any atom is 0.253 e. The number of hydrogen-bond acceptors (Lipinski definition) is 7. The van der Waals surface area contributed by atoms with Gasteiger partial charge in [-0.1, -0.05) is 6.07 Å². The Morgan fingerprint density at radius 1 is 1.08 bits per heavy atom. The third kappa shape index (κ3) is 3.61. The number of amides is 1. The maximum absolute atomic E-state index is 12.0. The molecule has 0 fully saturated rings. The number of hydrogen-bond donors (Lipinski definition) is 6. The molecular weight excluding hydrogens is 318 g/mol. The summed E-state index contributed by atoms with van der Waals surface area (Å²) in [6.07, 6.45) is -1.50. The number of benzene rings is 2. The van der Waals surface area contributed by atoms with Crippen molar-refractivity contribution in [3.63, 3.8) is 0 Å². The van der Waals surface area contributed by atoms with Crippen LogP contribution in [0.5, 0.6) is 28.7 Å². The van der Waals surface area contributed by atoms with Crippen molar-refractivity contribution in [2.24, 2.45) is 0 Å². The first-order valence-corrected chi connectivity index (χ1v) is 6.90. The molecule has 6 N–H and O–H groups in total. The van der Waals surface area contributed by atoms with E-state index in [-0.39, 0.29) is 23.6 Å². The number of rotatable bonds is 5. The van der Waals surface area contributed by atoms with Crippen LogP contribution in [0.15, 0.2) is 30.3 Å². The summed E-state index contributed by atoms with van der Waals surface area (Å²) < 4.78 is 4.91. The molecule has 24 heavy (non-hydrogen) atoms. The number of aliphatic hydroxyl groups excluding tert-OH is 1. The molecule has 1 atom stereocenters. The second-order valence-corrected chi connectivity index (χ2v) is 5.03. The van der Waals surface area contributed by atoms with Crippen molar-refractivity contribution in [1.29, 1.82) is 0 Å². The number of carbonyl (C=O) groups is 1. The number of carbonyl (C=O) groups excluding carboxylic acids is 1. The summed E-state index contributed by atoms with van der Waals surface area (Å²) in [5, 5.41) is 50.0. The van der Waals surface area contributed by atoms with E-state index in [1.54, 1.807) is 0 Å². The topological polar surface area (TPSA) is 139 Å². The fraction of sp³-hybridized carbons (Fsp3) is 0.188. The largest absolute Gasteiger partial charge is 0.504 e. The van der Waals surface area contributed by atoms with Crippen LogP contribution in [0.3, 0.4) is 0 Å². The fourth-order valence-electron chi connectivity index (χ4n) is 2.06. The van der Waals surface area contributed by atoms with E-state index >= 15 is 0 Å². The van der Waals surface area contributed by atoms with E-state index in [0.29, 0.717) is 5.56 Å². The molecule has 2 rings (SSSR count). The Bertz CT molecular complexity index is 737. The lowest BCUT2D eigenvalue weighted by molar-refractivity contribution is -0.129. The van der Waals surface area contributed by atoms with Crippen molar-refractivity contribution in [3.8, 4) is 28.7 Å². The Kier molecular flexibility index (Phi) is 5.00. The van der Waals surface area contributed by atoms with Gasteiger partial charge < -0.3 is 35.6 Å². The molecule has 2 aromatic rings. The quantitative estimate of drug-likeness (QED) is 0.446. The lowest BCUT2D eigenvalue weighted by Crippen LogP contribution is -2.28. The summed E-state index contributed by atoms with van der Waals surface area (Å²) >= 11 is 0. The molecule has 0 aliphatic rings. The molecule has 0 aromatic heterocycles. The Hall–Kier alpha value is -3.13. The van der Waals surface area contributed by atoms with Crippen molar-refractivity contribution in [3.05, 3.63) is 41.5 Å². The highest BCUT2D eigenvalue weighted by Gasteiger charge is 2.19. The van der Waals surface area contributed by atoms with Gasteiger partial charge in [0.1, 0.15) is 0 Å². The predicted octanol–water partition coefficient (Wildman–Crippen LogP) is 0.867. The molecule has 0 spiro atoms. The van der Waals surface area contributed by atoms with Crippen LogP contribution >= 0.6 is 0 Å². The van der Waals surface area contributed by atoms with Gasteiger partial charge in [0.15, 0.2) is 34.9 Å². The van der Waals surface area contributed by atoms with Crippen LogP contribution < -0.4 is 10.1 Å². The van der Waals surface area contributed by atoms with Gasteiger partial charge in [-0.15, -0.1) is 0 Å². The zero-order valence-electron chi connectivity index (χ0n) is 12.7. The van der Waals surface area contributed by atoms with E-state index in [1.165, 1.54) is 37.4 Å². The maximum atomic E-state index is 12.0. The minimum absolute atomic E-state index is 0.0908. The highest BCUT2D eigenvalue weighted by molar-refractivity contribution is 5.82. The van der Waals surface area contributed by atoms with Crippen molar-refractivity contribution in [1.82, 2.24) is 5.32 Å². The molecule has 0 radical (unpaired) electrons. The minimum Gasteiger partial charge on any atom is -0.504 e. The summed E-state index contributed by atoms with van der Waals surface area (Å²) in [7, 11) is 1.34. The van der Waals surface area contributed by atoms with Crippen LogP contribution in [0.1, 0.15) is 17.2 Å². The van der Waals surface area contributed by atoms with Gasteiger partial charge >= 0.3 is 0 Å². The summed E-state index contributed by atoms with van der Waals surface area (Å²) in [5.41, 5.74) is 0.546. The molecule has 8 nitrogen and oxygen atoms in total. The molecule has 0 bridgehead atoms. The normalized spacial score (nSPS) is 11.8. The average Bonchev–Trinajstić information content (AvgIpc) is 2.57. The molecule has 0 aliphatic heterocycles. The van der Waals surface area contributed by atoms with Crippen molar-refractivity contribution >= 4 is 5.91 Å². The molecule has 1 amide bonds. The monoisotopic (exact) mass is 335 g/mol. The molecule has 2 aromatic carbocycles.